The lowest BCUT2D eigenvalue weighted by Gasteiger charge is -2.06. The second-order valence-electron chi connectivity index (χ2n) is 4.34. The minimum atomic E-state index is -4.76. The van der Waals surface area contributed by atoms with Crippen molar-refractivity contribution in [1.82, 2.24) is 14.9 Å². The molecule has 0 fully saturated rings. The summed E-state index contributed by atoms with van der Waals surface area (Å²) < 4.78 is 67.0. The van der Waals surface area contributed by atoms with Crippen LogP contribution in [-0.4, -0.2) is 18.6 Å². The predicted molar refractivity (Wildman–Crippen MR) is 75.2 cm³/mol. The third-order valence-electron chi connectivity index (χ3n) is 2.51. The van der Waals surface area contributed by atoms with Gasteiger partial charge >= 0.3 is 6.18 Å². The Morgan fingerprint density at radius 2 is 1.91 bits per heavy atom. The summed E-state index contributed by atoms with van der Waals surface area (Å²) in [5.41, 5.74) is 0.355. The van der Waals surface area contributed by atoms with Crippen LogP contribution in [0, 0.1) is 0 Å². The fourth-order valence-corrected chi connectivity index (χ4v) is 2.90. The van der Waals surface area contributed by atoms with Gasteiger partial charge in [-0.15, -0.1) is 0 Å². The highest BCUT2D eigenvalue weighted by Crippen LogP contribution is 2.26. The quantitative estimate of drug-likeness (QED) is 0.849. The summed E-state index contributed by atoms with van der Waals surface area (Å²) in [5, 5.41) is 3.17. The van der Waals surface area contributed by atoms with Crippen LogP contribution >= 0.6 is 23.2 Å². The summed E-state index contributed by atoms with van der Waals surface area (Å²) in [7, 11) is -3.85. The standard InChI is InChI=1S/C11H8Cl2F3N3O3S/c12-7-2-1-6(3-8(7)13)5-23(20,21)17-4-9-18-10(19-22-9)11(14,15)16/h1-3,17H,4-5H2. The van der Waals surface area contributed by atoms with Crippen LogP contribution in [0.5, 0.6) is 0 Å². The number of aromatic nitrogens is 2. The number of alkyl halides is 3. The van der Waals surface area contributed by atoms with Crippen LogP contribution in [0.1, 0.15) is 17.3 Å². The highest BCUT2D eigenvalue weighted by molar-refractivity contribution is 7.88. The number of hydrogen-bond acceptors (Lipinski definition) is 5. The van der Waals surface area contributed by atoms with Gasteiger partial charge in [-0.2, -0.15) is 18.2 Å². The molecule has 6 nitrogen and oxygen atoms in total. The van der Waals surface area contributed by atoms with Gasteiger partial charge in [0.05, 0.1) is 22.3 Å². The Bertz CT molecular complexity index is 808. The molecule has 0 atom stereocenters. The number of halogens is 5. The molecule has 0 unspecified atom stereocenters. The van der Waals surface area contributed by atoms with Gasteiger partial charge in [-0.3, -0.25) is 0 Å². The van der Waals surface area contributed by atoms with Crippen molar-refractivity contribution in [3.05, 3.63) is 45.5 Å². The first-order valence-corrected chi connectivity index (χ1v) is 8.29. The summed E-state index contributed by atoms with van der Waals surface area (Å²) in [6, 6.07) is 4.27. The number of benzene rings is 1. The fraction of sp³-hybridized carbons (Fsp3) is 0.273. The van der Waals surface area contributed by atoms with Crippen molar-refractivity contribution in [3.63, 3.8) is 0 Å². The molecule has 126 valence electrons. The summed E-state index contributed by atoms with van der Waals surface area (Å²) in [6.07, 6.45) is -4.76. The minimum absolute atomic E-state index is 0.186. The number of nitrogens with one attached hydrogen (secondary N) is 1. The molecule has 1 heterocycles. The number of hydrogen-bond donors (Lipinski definition) is 1. The average molecular weight is 390 g/mol. The number of rotatable bonds is 5. The van der Waals surface area contributed by atoms with Crippen molar-refractivity contribution >= 4 is 33.2 Å². The Labute approximate surface area is 138 Å². The van der Waals surface area contributed by atoms with E-state index in [1.165, 1.54) is 18.2 Å². The maximum atomic E-state index is 12.3. The first kappa shape index (κ1) is 18.0. The van der Waals surface area contributed by atoms with Gasteiger partial charge in [0.15, 0.2) is 0 Å². The Balaban J connectivity index is 2.01. The van der Waals surface area contributed by atoms with Gasteiger partial charge in [0, 0.05) is 0 Å². The maximum absolute atomic E-state index is 12.3. The summed E-state index contributed by atoms with van der Waals surface area (Å²) >= 11 is 11.5. The van der Waals surface area contributed by atoms with E-state index in [-0.39, 0.29) is 10.0 Å². The molecule has 0 radical (unpaired) electrons. The molecule has 2 rings (SSSR count). The summed E-state index contributed by atoms with van der Waals surface area (Å²) in [6.45, 7) is -0.563. The molecule has 1 N–H and O–H groups in total. The van der Waals surface area contributed by atoms with E-state index in [4.69, 9.17) is 23.2 Å². The van der Waals surface area contributed by atoms with Crippen LogP contribution < -0.4 is 4.72 Å². The zero-order chi connectivity index (χ0) is 17.3. The monoisotopic (exact) mass is 389 g/mol. The third-order valence-corrected chi connectivity index (χ3v) is 4.54. The first-order valence-electron chi connectivity index (χ1n) is 5.88. The zero-order valence-corrected chi connectivity index (χ0v) is 13.4. The van der Waals surface area contributed by atoms with Crippen molar-refractivity contribution in [2.75, 3.05) is 0 Å². The molecule has 0 saturated heterocycles. The van der Waals surface area contributed by atoms with E-state index in [2.05, 4.69) is 19.4 Å². The fourth-order valence-electron chi connectivity index (χ4n) is 1.51. The van der Waals surface area contributed by atoms with Crippen LogP contribution in [0.3, 0.4) is 0 Å². The molecule has 1 aromatic carbocycles. The Hall–Kier alpha value is -1.36. The van der Waals surface area contributed by atoms with Crippen LogP contribution in [0.4, 0.5) is 13.2 Å². The molecule has 23 heavy (non-hydrogen) atoms. The van der Waals surface area contributed by atoms with E-state index in [1.54, 1.807) is 0 Å². The summed E-state index contributed by atoms with van der Waals surface area (Å²) in [5.74, 6) is -2.42. The van der Waals surface area contributed by atoms with Crippen molar-refractivity contribution in [2.24, 2.45) is 0 Å². The Morgan fingerprint density at radius 3 is 2.48 bits per heavy atom. The SMILES string of the molecule is O=S(=O)(Cc1ccc(Cl)c(Cl)c1)NCc1nc(C(F)(F)F)no1. The zero-order valence-electron chi connectivity index (χ0n) is 11.1. The molecular weight excluding hydrogens is 382 g/mol. The van der Waals surface area contributed by atoms with Gasteiger partial charge in [-0.25, -0.2) is 13.1 Å². The molecule has 0 aliphatic carbocycles. The van der Waals surface area contributed by atoms with Gasteiger partial charge in [0.25, 0.3) is 5.82 Å². The Morgan fingerprint density at radius 1 is 1.22 bits per heavy atom. The van der Waals surface area contributed by atoms with Gasteiger partial charge in [0.1, 0.15) is 0 Å². The summed E-state index contributed by atoms with van der Waals surface area (Å²) in [4.78, 5) is 3.05. The molecule has 0 aliphatic heterocycles. The lowest BCUT2D eigenvalue weighted by molar-refractivity contribution is -0.146. The van der Waals surface area contributed by atoms with Gasteiger partial charge in [-0.05, 0) is 17.7 Å². The van der Waals surface area contributed by atoms with Crippen LogP contribution in [0.25, 0.3) is 0 Å². The lowest BCUT2D eigenvalue weighted by Crippen LogP contribution is -2.25. The largest absolute Gasteiger partial charge is 0.455 e. The van der Waals surface area contributed by atoms with Crippen LogP contribution in [0.2, 0.25) is 10.0 Å². The highest BCUT2D eigenvalue weighted by atomic mass is 35.5. The van der Waals surface area contributed by atoms with E-state index >= 15 is 0 Å². The lowest BCUT2D eigenvalue weighted by atomic mass is 10.2. The van der Waals surface area contributed by atoms with Gasteiger partial charge in [0.2, 0.25) is 15.9 Å². The van der Waals surface area contributed by atoms with Crippen molar-refractivity contribution in [1.29, 1.82) is 0 Å². The van der Waals surface area contributed by atoms with Gasteiger partial charge < -0.3 is 4.52 Å². The minimum Gasteiger partial charge on any atom is -0.338 e. The molecule has 1 aromatic heterocycles. The normalized spacial score (nSPS) is 12.6. The van der Waals surface area contributed by atoms with Gasteiger partial charge in [-0.1, -0.05) is 34.4 Å². The number of sulfonamides is 1. The van der Waals surface area contributed by atoms with E-state index in [0.717, 1.165) is 0 Å². The molecule has 0 aliphatic rings. The number of nitrogens with zero attached hydrogens (tertiary/aromatic N) is 2. The van der Waals surface area contributed by atoms with Crippen molar-refractivity contribution < 1.29 is 26.1 Å². The van der Waals surface area contributed by atoms with Crippen LogP contribution in [-0.2, 0) is 28.5 Å². The molecule has 0 bridgehead atoms. The smallest absolute Gasteiger partial charge is 0.338 e. The van der Waals surface area contributed by atoms with E-state index in [1.807, 2.05) is 0 Å². The first-order chi connectivity index (χ1) is 10.6. The van der Waals surface area contributed by atoms with E-state index in [0.29, 0.717) is 5.56 Å². The second kappa shape index (κ2) is 6.63. The molecule has 2 aromatic rings. The highest BCUT2D eigenvalue weighted by Gasteiger charge is 2.37. The van der Waals surface area contributed by atoms with Crippen molar-refractivity contribution in [3.8, 4) is 0 Å². The molecule has 0 amide bonds. The molecule has 12 heteroatoms. The van der Waals surface area contributed by atoms with E-state index < -0.39 is 40.2 Å². The topological polar surface area (TPSA) is 85.1 Å². The molecule has 0 spiro atoms. The second-order valence-corrected chi connectivity index (χ2v) is 6.96. The molecular formula is C11H8Cl2F3N3O3S. The molecule has 0 saturated carbocycles. The average Bonchev–Trinajstić information content (AvgIpc) is 2.89. The van der Waals surface area contributed by atoms with E-state index in [9.17, 15) is 21.6 Å². The Kier molecular flexibility index (Phi) is 5.19. The predicted octanol–water partition coefficient (Wildman–Crippen LogP) is 3.01. The third kappa shape index (κ3) is 5.06. The maximum Gasteiger partial charge on any atom is 0.455 e. The van der Waals surface area contributed by atoms with Crippen LogP contribution in [0.15, 0.2) is 22.7 Å². The van der Waals surface area contributed by atoms with Crippen molar-refractivity contribution in [2.45, 2.75) is 18.5 Å².